The van der Waals surface area contributed by atoms with Gasteiger partial charge in [0, 0.05) is 25.2 Å². The molecule has 0 spiro atoms. The molecule has 0 aliphatic heterocycles. The molecule has 0 radical (unpaired) electrons. The fourth-order valence-corrected chi connectivity index (χ4v) is 2.60. The third-order valence-corrected chi connectivity index (χ3v) is 3.79. The molecule has 1 aliphatic carbocycles. The van der Waals surface area contributed by atoms with Gasteiger partial charge >= 0.3 is 0 Å². The number of nitrogens with one attached hydrogen (secondary N) is 1. The predicted molar refractivity (Wildman–Crippen MR) is 80.9 cm³/mol. The van der Waals surface area contributed by atoms with Gasteiger partial charge in [-0.2, -0.15) is 0 Å². The highest BCUT2D eigenvalue weighted by Gasteiger charge is 2.22. The van der Waals surface area contributed by atoms with Crippen LogP contribution in [-0.4, -0.2) is 30.3 Å². The van der Waals surface area contributed by atoms with E-state index in [1.165, 1.54) is 18.4 Å². The first kappa shape index (κ1) is 14.6. The van der Waals surface area contributed by atoms with Crippen LogP contribution in [0.3, 0.4) is 0 Å². The predicted octanol–water partition coefficient (Wildman–Crippen LogP) is 2.80. The minimum atomic E-state index is 0.138. The molecule has 2 N–H and O–H groups in total. The third kappa shape index (κ3) is 3.85. The number of halogens is 1. The zero-order valence-corrected chi connectivity index (χ0v) is 12.5. The van der Waals surface area contributed by atoms with Gasteiger partial charge in [-0.1, -0.05) is 23.7 Å². The summed E-state index contributed by atoms with van der Waals surface area (Å²) < 4.78 is 0. The molecule has 106 valence electrons. The van der Waals surface area contributed by atoms with Crippen molar-refractivity contribution in [2.75, 3.05) is 18.1 Å². The standard InChI is InChI=1S/C15H23ClN2O/c1-11(2)18(8-9-19)15-12(4-3-5-14(15)16)10-17-13-6-7-13/h3-5,11,13,17,19H,6-10H2,1-2H3. The largest absolute Gasteiger partial charge is 0.395 e. The molecule has 0 amide bonds. The van der Waals surface area contributed by atoms with Crippen molar-refractivity contribution in [3.63, 3.8) is 0 Å². The minimum Gasteiger partial charge on any atom is -0.395 e. The van der Waals surface area contributed by atoms with Gasteiger partial charge in [-0.05, 0) is 38.3 Å². The van der Waals surface area contributed by atoms with Gasteiger partial charge in [0.05, 0.1) is 17.3 Å². The van der Waals surface area contributed by atoms with Crippen molar-refractivity contribution < 1.29 is 5.11 Å². The van der Waals surface area contributed by atoms with Crippen LogP contribution in [0.5, 0.6) is 0 Å². The Morgan fingerprint density at radius 3 is 2.74 bits per heavy atom. The van der Waals surface area contributed by atoms with Crippen LogP contribution in [0.15, 0.2) is 18.2 Å². The topological polar surface area (TPSA) is 35.5 Å². The van der Waals surface area contributed by atoms with Gasteiger partial charge in [0.2, 0.25) is 0 Å². The van der Waals surface area contributed by atoms with Crippen LogP contribution in [0, 0.1) is 0 Å². The quantitative estimate of drug-likeness (QED) is 0.807. The van der Waals surface area contributed by atoms with E-state index in [0.717, 1.165) is 17.3 Å². The highest BCUT2D eigenvalue weighted by molar-refractivity contribution is 6.33. The van der Waals surface area contributed by atoms with Crippen molar-refractivity contribution in [2.45, 2.75) is 45.3 Å². The second kappa shape index (κ2) is 6.60. The molecule has 0 unspecified atom stereocenters. The SMILES string of the molecule is CC(C)N(CCO)c1c(Cl)cccc1CNC1CC1. The molecule has 0 aromatic heterocycles. The summed E-state index contributed by atoms with van der Waals surface area (Å²) in [5.41, 5.74) is 2.27. The number of rotatable bonds is 7. The van der Waals surface area contributed by atoms with Crippen LogP contribution < -0.4 is 10.2 Å². The molecule has 4 heteroatoms. The van der Waals surface area contributed by atoms with Crippen LogP contribution in [0.1, 0.15) is 32.3 Å². The maximum atomic E-state index is 9.26. The zero-order valence-electron chi connectivity index (χ0n) is 11.7. The van der Waals surface area contributed by atoms with E-state index in [9.17, 15) is 5.11 Å². The Morgan fingerprint density at radius 2 is 2.16 bits per heavy atom. The van der Waals surface area contributed by atoms with Crippen molar-refractivity contribution in [3.05, 3.63) is 28.8 Å². The van der Waals surface area contributed by atoms with Crippen molar-refractivity contribution in [3.8, 4) is 0 Å². The Kier molecular flexibility index (Phi) is 5.08. The number of nitrogens with zero attached hydrogens (tertiary/aromatic N) is 1. The summed E-state index contributed by atoms with van der Waals surface area (Å²) in [6, 6.07) is 7.02. The Morgan fingerprint density at radius 1 is 1.42 bits per heavy atom. The number of aliphatic hydroxyl groups excluding tert-OH is 1. The molecule has 19 heavy (non-hydrogen) atoms. The second-order valence-corrected chi connectivity index (χ2v) is 5.82. The number of benzene rings is 1. The molecular weight excluding hydrogens is 260 g/mol. The molecule has 1 fully saturated rings. The maximum Gasteiger partial charge on any atom is 0.0643 e. The summed E-state index contributed by atoms with van der Waals surface area (Å²) in [5, 5.41) is 13.5. The average Bonchev–Trinajstić information content (AvgIpc) is 3.18. The highest BCUT2D eigenvalue weighted by atomic mass is 35.5. The first-order valence-electron chi connectivity index (χ1n) is 7.01. The summed E-state index contributed by atoms with van der Waals surface area (Å²) in [7, 11) is 0. The number of anilines is 1. The van der Waals surface area contributed by atoms with Gasteiger partial charge in [-0.3, -0.25) is 0 Å². The lowest BCUT2D eigenvalue weighted by Gasteiger charge is -2.31. The molecule has 0 atom stereocenters. The molecule has 1 aromatic rings. The van der Waals surface area contributed by atoms with E-state index >= 15 is 0 Å². The monoisotopic (exact) mass is 282 g/mol. The minimum absolute atomic E-state index is 0.138. The fraction of sp³-hybridized carbons (Fsp3) is 0.600. The lowest BCUT2D eigenvalue weighted by molar-refractivity contribution is 0.299. The second-order valence-electron chi connectivity index (χ2n) is 5.41. The van der Waals surface area contributed by atoms with Gasteiger partial charge in [0.1, 0.15) is 0 Å². The van der Waals surface area contributed by atoms with Crippen LogP contribution >= 0.6 is 11.6 Å². The summed E-state index contributed by atoms with van der Waals surface area (Å²) in [4.78, 5) is 2.17. The number of aliphatic hydroxyl groups is 1. The van der Waals surface area contributed by atoms with Crippen molar-refractivity contribution in [1.82, 2.24) is 5.32 Å². The van der Waals surface area contributed by atoms with Gasteiger partial charge in [-0.25, -0.2) is 0 Å². The smallest absolute Gasteiger partial charge is 0.0643 e. The molecule has 0 bridgehead atoms. The van der Waals surface area contributed by atoms with E-state index in [1.54, 1.807) is 0 Å². The number of hydrogen-bond donors (Lipinski definition) is 2. The van der Waals surface area contributed by atoms with E-state index in [4.69, 9.17) is 11.6 Å². The van der Waals surface area contributed by atoms with E-state index in [-0.39, 0.29) is 6.61 Å². The summed E-state index contributed by atoms with van der Waals surface area (Å²) in [5.74, 6) is 0. The highest BCUT2D eigenvalue weighted by Crippen LogP contribution is 2.32. The van der Waals surface area contributed by atoms with E-state index < -0.39 is 0 Å². The molecular formula is C15H23ClN2O. The van der Waals surface area contributed by atoms with Crippen LogP contribution in [0.25, 0.3) is 0 Å². The average molecular weight is 283 g/mol. The van der Waals surface area contributed by atoms with Gasteiger partial charge in [0.15, 0.2) is 0 Å². The van der Waals surface area contributed by atoms with Crippen LogP contribution in [-0.2, 0) is 6.54 Å². The number of hydrogen-bond acceptors (Lipinski definition) is 3. The lowest BCUT2D eigenvalue weighted by Crippen LogP contribution is -2.35. The van der Waals surface area contributed by atoms with Crippen LogP contribution in [0.4, 0.5) is 5.69 Å². The molecule has 1 aromatic carbocycles. The van der Waals surface area contributed by atoms with Crippen molar-refractivity contribution in [2.24, 2.45) is 0 Å². The van der Waals surface area contributed by atoms with Crippen molar-refractivity contribution >= 4 is 17.3 Å². The third-order valence-electron chi connectivity index (χ3n) is 3.48. The van der Waals surface area contributed by atoms with Gasteiger partial charge in [-0.15, -0.1) is 0 Å². The molecule has 0 saturated heterocycles. The summed E-state index contributed by atoms with van der Waals surface area (Å²) in [6.45, 7) is 5.83. The molecule has 3 nitrogen and oxygen atoms in total. The Balaban J connectivity index is 2.23. The molecule has 1 saturated carbocycles. The molecule has 2 rings (SSSR count). The first-order valence-corrected chi connectivity index (χ1v) is 7.39. The van der Waals surface area contributed by atoms with Crippen LogP contribution in [0.2, 0.25) is 5.02 Å². The van der Waals surface area contributed by atoms with E-state index in [0.29, 0.717) is 18.6 Å². The normalized spacial score (nSPS) is 15.0. The van der Waals surface area contributed by atoms with E-state index in [1.807, 2.05) is 12.1 Å². The molecule has 0 heterocycles. The Labute approximate surface area is 120 Å². The Hall–Kier alpha value is -0.770. The number of para-hydroxylation sites is 1. The van der Waals surface area contributed by atoms with Crippen molar-refractivity contribution in [1.29, 1.82) is 0 Å². The summed E-state index contributed by atoms with van der Waals surface area (Å²) >= 11 is 6.38. The van der Waals surface area contributed by atoms with E-state index in [2.05, 4.69) is 30.1 Å². The lowest BCUT2D eigenvalue weighted by atomic mass is 10.1. The van der Waals surface area contributed by atoms with Gasteiger partial charge < -0.3 is 15.3 Å². The zero-order chi connectivity index (χ0) is 13.8. The fourth-order valence-electron chi connectivity index (χ4n) is 2.30. The summed E-state index contributed by atoms with van der Waals surface area (Å²) in [6.07, 6.45) is 2.56. The van der Waals surface area contributed by atoms with Gasteiger partial charge in [0.25, 0.3) is 0 Å². The molecule has 1 aliphatic rings. The Bertz CT molecular complexity index is 419. The first-order chi connectivity index (χ1) is 9.13. The maximum absolute atomic E-state index is 9.26.